The molecular weight excluding hydrogens is 312 g/mol. The van der Waals surface area contributed by atoms with Crippen LogP contribution < -0.4 is 0 Å². The third kappa shape index (κ3) is 5.11. The summed E-state index contributed by atoms with van der Waals surface area (Å²) in [6.45, 7) is 4.12. The second-order valence-electron chi connectivity index (χ2n) is 5.07. The lowest BCUT2D eigenvalue weighted by Crippen LogP contribution is -2.21. The SMILES string of the molecule is COC(=O)C(CSc1ccc(C)cc1)Sc1ccc(C)cc1. The quantitative estimate of drug-likeness (QED) is 0.564. The van der Waals surface area contributed by atoms with Gasteiger partial charge in [0.15, 0.2) is 0 Å². The van der Waals surface area contributed by atoms with Crippen LogP contribution in [-0.4, -0.2) is 24.1 Å². The predicted molar refractivity (Wildman–Crippen MR) is 94.7 cm³/mol. The summed E-state index contributed by atoms with van der Waals surface area (Å²) in [7, 11) is 1.45. The molecule has 1 unspecified atom stereocenters. The van der Waals surface area contributed by atoms with Crippen molar-refractivity contribution in [2.75, 3.05) is 12.9 Å². The van der Waals surface area contributed by atoms with Gasteiger partial charge in [-0.3, -0.25) is 4.79 Å². The fourth-order valence-electron chi connectivity index (χ4n) is 1.87. The summed E-state index contributed by atoms with van der Waals surface area (Å²) in [5, 5.41) is -0.209. The molecule has 0 N–H and O–H groups in total. The van der Waals surface area contributed by atoms with Crippen LogP contribution in [0.2, 0.25) is 0 Å². The standard InChI is InChI=1S/C18H20O2S2/c1-13-4-8-15(9-5-13)21-12-17(18(19)20-3)22-16-10-6-14(2)7-11-16/h4-11,17H,12H2,1-3H3. The van der Waals surface area contributed by atoms with Gasteiger partial charge in [-0.05, 0) is 38.1 Å². The molecule has 0 radical (unpaired) electrons. The molecule has 0 heterocycles. The van der Waals surface area contributed by atoms with Crippen molar-refractivity contribution in [3.8, 4) is 0 Å². The van der Waals surface area contributed by atoms with E-state index in [1.165, 1.54) is 23.1 Å². The molecule has 0 aliphatic carbocycles. The van der Waals surface area contributed by atoms with Gasteiger partial charge >= 0.3 is 5.97 Å². The molecule has 2 aromatic rings. The molecule has 1 atom stereocenters. The van der Waals surface area contributed by atoms with Crippen molar-refractivity contribution in [3.05, 3.63) is 59.7 Å². The van der Waals surface area contributed by atoms with Crippen LogP contribution in [0, 0.1) is 13.8 Å². The Hall–Kier alpha value is -1.39. The van der Waals surface area contributed by atoms with Gasteiger partial charge in [-0.2, -0.15) is 0 Å². The van der Waals surface area contributed by atoms with Crippen LogP contribution in [-0.2, 0) is 9.53 Å². The van der Waals surface area contributed by atoms with Crippen molar-refractivity contribution >= 4 is 29.5 Å². The van der Waals surface area contributed by atoms with Crippen LogP contribution in [0.1, 0.15) is 11.1 Å². The molecule has 0 aliphatic rings. The first kappa shape index (κ1) is 17.0. The smallest absolute Gasteiger partial charge is 0.320 e. The van der Waals surface area contributed by atoms with E-state index in [0.29, 0.717) is 5.75 Å². The molecule has 2 nitrogen and oxygen atoms in total. The van der Waals surface area contributed by atoms with Crippen LogP contribution in [0.25, 0.3) is 0 Å². The number of carbonyl (C=O) groups is 1. The lowest BCUT2D eigenvalue weighted by Gasteiger charge is -2.14. The zero-order chi connectivity index (χ0) is 15.9. The molecule has 116 valence electrons. The van der Waals surface area contributed by atoms with Gasteiger partial charge in [0.25, 0.3) is 0 Å². The van der Waals surface area contributed by atoms with Gasteiger partial charge in [0, 0.05) is 15.5 Å². The van der Waals surface area contributed by atoms with Gasteiger partial charge in [-0.15, -0.1) is 23.5 Å². The first-order valence-electron chi connectivity index (χ1n) is 7.09. The number of esters is 1. The van der Waals surface area contributed by atoms with E-state index in [4.69, 9.17) is 4.74 Å². The first-order chi connectivity index (χ1) is 10.6. The summed E-state index contributed by atoms with van der Waals surface area (Å²) in [6, 6.07) is 16.6. The monoisotopic (exact) mass is 332 g/mol. The van der Waals surface area contributed by atoms with Gasteiger partial charge in [-0.25, -0.2) is 0 Å². The molecular formula is C18H20O2S2. The molecule has 0 saturated carbocycles. The third-order valence-corrected chi connectivity index (χ3v) is 5.69. The van der Waals surface area contributed by atoms with Crippen molar-refractivity contribution in [3.63, 3.8) is 0 Å². The summed E-state index contributed by atoms with van der Waals surface area (Å²) in [5.74, 6) is 0.513. The molecule has 0 spiro atoms. The molecule has 0 amide bonds. The molecule has 0 aromatic heterocycles. The fourth-order valence-corrected chi connectivity index (χ4v) is 3.97. The second kappa shape index (κ2) is 8.30. The Balaban J connectivity index is 2.01. The van der Waals surface area contributed by atoms with E-state index >= 15 is 0 Å². The number of thioether (sulfide) groups is 2. The minimum atomic E-state index is -0.209. The van der Waals surface area contributed by atoms with Gasteiger partial charge in [0.05, 0.1) is 7.11 Å². The van der Waals surface area contributed by atoms with Crippen molar-refractivity contribution < 1.29 is 9.53 Å². The largest absolute Gasteiger partial charge is 0.468 e. The van der Waals surface area contributed by atoms with E-state index in [9.17, 15) is 4.79 Å². The van der Waals surface area contributed by atoms with Crippen LogP contribution in [0.4, 0.5) is 0 Å². The Bertz CT molecular complexity index is 606. The first-order valence-corrected chi connectivity index (χ1v) is 8.95. The highest BCUT2D eigenvalue weighted by atomic mass is 32.2. The van der Waals surface area contributed by atoms with E-state index < -0.39 is 0 Å². The highest BCUT2D eigenvalue weighted by molar-refractivity contribution is 8.04. The number of benzene rings is 2. The molecule has 0 saturated heterocycles. The highest BCUT2D eigenvalue weighted by Gasteiger charge is 2.21. The number of hydrogen-bond acceptors (Lipinski definition) is 4. The van der Waals surface area contributed by atoms with E-state index in [-0.39, 0.29) is 11.2 Å². The van der Waals surface area contributed by atoms with Gasteiger partial charge < -0.3 is 4.74 Å². The normalized spacial score (nSPS) is 12.0. The van der Waals surface area contributed by atoms with Crippen molar-refractivity contribution in [1.29, 1.82) is 0 Å². The van der Waals surface area contributed by atoms with Crippen LogP contribution in [0.15, 0.2) is 58.3 Å². The number of carbonyl (C=O) groups excluding carboxylic acids is 1. The predicted octanol–water partition coefficient (Wildman–Crippen LogP) is 4.73. The summed E-state index contributed by atoms with van der Waals surface area (Å²) in [6.07, 6.45) is 0. The molecule has 4 heteroatoms. The summed E-state index contributed by atoms with van der Waals surface area (Å²) in [4.78, 5) is 14.3. The zero-order valence-electron chi connectivity index (χ0n) is 13.0. The number of rotatable bonds is 6. The van der Waals surface area contributed by atoms with E-state index in [2.05, 4.69) is 50.2 Å². The number of hydrogen-bond donors (Lipinski definition) is 0. The molecule has 2 aromatic carbocycles. The highest BCUT2D eigenvalue weighted by Crippen LogP contribution is 2.29. The van der Waals surface area contributed by atoms with Crippen molar-refractivity contribution in [2.45, 2.75) is 28.9 Å². The molecule has 0 aliphatic heterocycles. The minimum absolute atomic E-state index is 0.176. The second-order valence-corrected chi connectivity index (χ2v) is 7.44. The molecule has 0 fully saturated rings. The lowest BCUT2D eigenvalue weighted by molar-refractivity contribution is -0.139. The lowest BCUT2D eigenvalue weighted by atomic mass is 10.2. The van der Waals surface area contributed by atoms with Crippen LogP contribution in [0.5, 0.6) is 0 Å². The fraction of sp³-hybridized carbons (Fsp3) is 0.278. The zero-order valence-corrected chi connectivity index (χ0v) is 14.7. The Morgan fingerprint density at radius 3 is 1.95 bits per heavy atom. The summed E-state index contributed by atoms with van der Waals surface area (Å²) in [5.41, 5.74) is 2.45. The van der Waals surface area contributed by atoms with Gasteiger partial charge in [-0.1, -0.05) is 35.4 Å². The number of ether oxygens (including phenoxy) is 1. The maximum absolute atomic E-state index is 12.0. The average Bonchev–Trinajstić information content (AvgIpc) is 2.54. The van der Waals surface area contributed by atoms with Gasteiger partial charge in [0.1, 0.15) is 5.25 Å². The maximum atomic E-state index is 12.0. The summed E-state index contributed by atoms with van der Waals surface area (Å²) < 4.78 is 4.94. The Kier molecular flexibility index (Phi) is 6.40. The number of methoxy groups -OCH3 is 1. The Morgan fingerprint density at radius 2 is 1.45 bits per heavy atom. The molecule has 0 bridgehead atoms. The maximum Gasteiger partial charge on any atom is 0.320 e. The van der Waals surface area contributed by atoms with E-state index in [1.807, 2.05) is 12.1 Å². The third-order valence-electron chi connectivity index (χ3n) is 3.19. The van der Waals surface area contributed by atoms with Crippen LogP contribution >= 0.6 is 23.5 Å². The topological polar surface area (TPSA) is 26.3 Å². The van der Waals surface area contributed by atoms with Crippen LogP contribution in [0.3, 0.4) is 0 Å². The van der Waals surface area contributed by atoms with E-state index in [0.717, 1.165) is 4.90 Å². The minimum Gasteiger partial charge on any atom is -0.468 e. The number of aryl methyl sites for hydroxylation is 2. The van der Waals surface area contributed by atoms with Crippen molar-refractivity contribution in [2.24, 2.45) is 0 Å². The Labute approximate surface area is 140 Å². The average molecular weight is 332 g/mol. The van der Waals surface area contributed by atoms with E-state index in [1.54, 1.807) is 23.5 Å². The summed E-state index contributed by atoms with van der Waals surface area (Å²) >= 11 is 3.24. The molecule has 2 rings (SSSR count). The van der Waals surface area contributed by atoms with Gasteiger partial charge in [0.2, 0.25) is 0 Å². The van der Waals surface area contributed by atoms with Crippen molar-refractivity contribution in [1.82, 2.24) is 0 Å². The Morgan fingerprint density at radius 1 is 0.955 bits per heavy atom. The molecule has 22 heavy (non-hydrogen) atoms.